The average molecular weight is 429 g/mol. The molecule has 1 aromatic heterocycles. The van der Waals surface area contributed by atoms with Crippen molar-refractivity contribution in [2.24, 2.45) is 0 Å². The highest BCUT2D eigenvalue weighted by Crippen LogP contribution is 2.35. The second-order valence-corrected chi connectivity index (χ2v) is 8.51. The predicted octanol–water partition coefficient (Wildman–Crippen LogP) is 2.75. The number of nitrogens with zero attached hydrogens (tertiary/aromatic N) is 4. The molecular weight excluding hydrogens is 407 g/mol. The molecular formula is C18H22F3N5O2S. The number of hydrogen-bond acceptors (Lipinski definition) is 6. The number of aromatic nitrogens is 2. The summed E-state index contributed by atoms with van der Waals surface area (Å²) in [6.45, 7) is 5.18. The number of halogens is 3. The van der Waals surface area contributed by atoms with Gasteiger partial charge >= 0.3 is 6.18 Å². The zero-order valence-electron chi connectivity index (χ0n) is 16.1. The number of hydrogen-bond donors (Lipinski definition) is 1. The van der Waals surface area contributed by atoms with Crippen molar-refractivity contribution < 1.29 is 21.6 Å². The maximum atomic E-state index is 13.3. The molecule has 7 nitrogen and oxygen atoms in total. The summed E-state index contributed by atoms with van der Waals surface area (Å²) in [7, 11) is -4.26. The molecule has 0 saturated carbocycles. The first-order valence-corrected chi connectivity index (χ1v) is 10.6. The van der Waals surface area contributed by atoms with E-state index in [0.29, 0.717) is 31.4 Å². The molecule has 0 radical (unpaired) electrons. The normalized spacial score (nSPS) is 16.1. The fourth-order valence-electron chi connectivity index (χ4n) is 3.17. The Morgan fingerprint density at radius 1 is 1.10 bits per heavy atom. The number of nitrogens with one attached hydrogen (secondary N) is 1. The number of piperazine rings is 1. The second-order valence-electron chi connectivity index (χ2n) is 6.61. The lowest BCUT2D eigenvalue weighted by Gasteiger charge is -2.35. The van der Waals surface area contributed by atoms with Gasteiger partial charge in [0.15, 0.2) is 0 Å². The number of rotatable bonds is 5. The summed E-state index contributed by atoms with van der Waals surface area (Å²) in [5.74, 6) is 1.14. The Kier molecular flexibility index (Phi) is 5.99. The van der Waals surface area contributed by atoms with Gasteiger partial charge in [0.2, 0.25) is 16.0 Å². The number of sulfonamides is 1. The molecule has 1 aliphatic heterocycles. The Balaban J connectivity index is 1.79. The van der Waals surface area contributed by atoms with Gasteiger partial charge in [0.25, 0.3) is 0 Å². The quantitative estimate of drug-likeness (QED) is 0.788. The van der Waals surface area contributed by atoms with Crippen LogP contribution in [0.3, 0.4) is 0 Å². The van der Waals surface area contributed by atoms with Crippen molar-refractivity contribution in [3.05, 3.63) is 41.6 Å². The lowest BCUT2D eigenvalue weighted by Crippen LogP contribution is -2.49. The number of alkyl halides is 3. The van der Waals surface area contributed by atoms with Crippen LogP contribution in [-0.4, -0.2) is 55.4 Å². The first kappa shape index (κ1) is 21.3. The van der Waals surface area contributed by atoms with Crippen LogP contribution in [0.2, 0.25) is 0 Å². The molecule has 3 rings (SSSR count). The van der Waals surface area contributed by atoms with Gasteiger partial charge in [-0.1, -0.05) is 12.1 Å². The summed E-state index contributed by atoms with van der Waals surface area (Å²) in [6, 6.07) is 6.06. The van der Waals surface area contributed by atoms with E-state index >= 15 is 0 Å². The van der Waals surface area contributed by atoms with Crippen molar-refractivity contribution in [2.45, 2.75) is 24.9 Å². The predicted molar refractivity (Wildman–Crippen MR) is 103 cm³/mol. The van der Waals surface area contributed by atoms with E-state index in [9.17, 15) is 21.6 Å². The first-order valence-electron chi connectivity index (χ1n) is 9.14. The Labute approximate surface area is 167 Å². The highest BCUT2D eigenvalue weighted by Gasteiger charge is 2.39. The summed E-state index contributed by atoms with van der Waals surface area (Å²) in [6.07, 6.45) is -4.74. The third-order valence-corrected chi connectivity index (χ3v) is 6.51. The van der Waals surface area contributed by atoms with Gasteiger partial charge in [-0.05, 0) is 26.0 Å². The Morgan fingerprint density at radius 2 is 1.76 bits per heavy atom. The Hall–Kier alpha value is -2.40. The molecule has 0 bridgehead atoms. The Bertz CT molecular complexity index is 974. The van der Waals surface area contributed by atoms with E-state index in [1.165, 1.54) is 12.1 Å². The van der Waals surface area contributed by atoms with E-state index in [1.54, 1.807) is 6.07 Å². The van der Waals surface area contributed by atoms with Crippen molar-refractivity contribution in [3.63, 3.8) is 0 Å². The molecule has 1 saturated heterocycles. The van der Waals surface area contributed by atoms with Crippen molar-refractivity contribution in [2.75, 3.05) is 42.9 Å². The molecule has 0 aliphatic carbocycles. The molecule has 29 heavy (non-hydrogen) atoms. The largest absolute Gasteiger partial charge is 0.417 e. The number of aryl methyl sites for hydroxylation is 1. The minimum absolute atomic E-state index is 0.0636. The smallest absolute Gasteiger partial charge is 0.354 e. The summed E-state index contributed by atoms with van der Waals surface area (Å²) in [5.41, 5.74) is -0.385. The highest BCUT2D eigenvalue weighted by atomic mass is 32.2. The van der Waals surface area contributed by atoms with Gasteiger partial charge in [-0.3, -0.25) is 0 Å². The maximum absolute atomic E-state index is 13.3. The van der Waals surface area contributed by atoms with Gasteiger partial charge in [0.05, 0.1) is 10.5 Å². The SMILES string of the molecule is CCNc1nc(C)cc(N2CCN(S(=O)(=O)c3ccccc3C(F)(F)F)CC2)n1. The highest BCUT2D eigenvalue weighted by molar-refractivity contribution is 7.89. The van der Waals surface area contributed by atoms with Crippen LogP contribution in [0.5, 0.6) is 0 Å². The zero-order valence-corrected chi connectivity index (χ0v) is 16.9. The lowest BCUT2D eigenvalue weighted by molar-refractivity contribution is -0.139. The monoisotopic (exact) mass is 429 g/mol. The van der Waals surface area contributed by atoms with Crippen molar-refractivity contribution >= 4 is 21.8 Å². The number of benzene rings is 1. The fourth-order valence-corrected chi connectivity index (χ4v) is 4.81. The van der Waals surface area contributed by atoms with Crippen LogP contribution in [0.25, 0.3) is 0 Å². The van der Waals surface area contributed by atoms with Crippen LogP contribution < -0.4 is 10.2 Å². The van der Waals surface area contributed by atoms with Crippen LogP contribution in [0.15, 0.2) is 35.2 Å². The third kappa shape index (κ3) is 4.61. The summed E-state index contributed by atoms with van der Waals surface area (Å²) < 4.78 is 66.6. The molecule has 1 aromatic carbocycles. The van der Waals surface area contributed by atoms with Crippen molar-refractivity contribution in [1.82, 2.24) is 14.3 Å². The summed E-state index contributed by atoms with van der Waals surface area (Å²) in [5, 5.41) is 3.04. The Morgan fingerprint density at radius 3 is 2.38 bits per heavy atom. The standard InChI is InChI=1S/C18H22F3N5O2S/c1-3-22-17-23-13(2)12-16(24-17)25-8-10-26(11-9-25)29(27,28)15-7-5-4-6-14(15)18(19,20)21/h4-7,12H,3,8-11H2,1-2H3,(H,22,23,24). The van der Waals surface area contributed by atoms with Crippen LogP contribution in [0.4, 0.5) is 24.9 Å². The molecule has 2 heterocycles. The van der Waals surface area contributed by atoms with E-state index in [4.69, 9.17) is 0 Å². The molecule has 0 unspecified atom stereocenters. The number of anilines is 2. The molecule has 1 aliphatic rings. The fraction of sp³-hybridized carbons (Fsp3) is 0.444. The van der Waals surface area contributed by atoms with Gasteiger partial charge in [-0.2, -0.15) is 22.5 Å². The van der Waals surface area contributed by atoms with Gasteiger partial charge in [0, 0.05) is 44.5 Å². The molecule has 0 atom stereocenters. The molecule has 0 amide bonds. The second kappa shape index (κ2) is 8.15. The molecule has 2 aromatic rings. The molecule has 0 spiro atoms. The van der Waals surface area contributed by atoms with E-state index in [1.807, 2.05) is 18.7 Å². The van der Waals surface area contributed by atoms with Crippen LogP contribution in [0, 0.1) is 6.92 Å². The van der Waals surface area contributed by atoms with Crippen LogP contribution in [0.1, 0.15) is 18.2 Å². The van der Waals surface area contributed by atoms with E-state index in [2.05, 4.69) is 15.3 Å². The van der Waals surface area contributed by atoms with E-state index < -0.39 is 26.7 Å². The van der Waals surface area contributed by atoms with Gasteiger partial charge in [-0.25, -0.2) is 13.4 Å². The minimum atomic E-state index is -4.74. The average Bonchev–Trinajstić information content (AvgIpc) is 2.67. The van der Waals surface area contributed by atoms with Crippen molar-refractivity contribution in [1.29, 1.82) is 0 Å². The summed E-state index contributed by atoms with van der Waals surface area (Å²) >= 11 is 0. The minimum Gasteiger partial charge on any atom is -0.354 e. The van der Waals surface area contributed by atoms with Gasteiger partial charge in [-0.15, -0.1) is 0 Å². The van der Waals surface area contributed by atoms with Gasteiger partial charge < -0.3 is 10.2 Å². The molecule has 1 N–H and O–H groups in total. The van der Waals surface area contributed by atoms with E-state index in [-0.39, 0.29) is 13.1 Å². The third-order valence-electron chi connectivity index (χ3n) is 4.55. The van der Waals surface area contributed by atoms with Crippen LogP contribution in [-0.2, 0) is 16.2 Å². The maximum Gasteiger partial charge on any atom is 0.417 e. The molecule has 1 fully saturated rings. The molecule has 158 valence electrons. The topological polar surface area (TPSA) is 78.4 Å². The van der Waals surface area contributed by atoms with Gasteiger partial charge in [0.1, 0.15) is 5.82 Å². The lowest BCUT2D eigenvalue weighted by atomic mass is 10.2. The zero-order chi connectivity index (χ0) is 21.2. The van der Waals surface area contributed by atoms with E-state index in [0.717, 1.165) is 22.1 Å². The molecule has 11 heteroatoms. The first-order chi connectivity index (χ1) is 13.6. The van der Waals surface area contributed by atoms with Crippen LogP contribution >= 0.6 is 0 Å². The summed E-state index contributed by atoms with van der Waals surface area (Å²) in [4.78, 5) is 9.89. The van der Waals surface area contributed by atoms with Crippen molar-refractivity contribution in [3.8, 4) is 0 Å².